The third kappa shape index (κ3) is 6.21. The predicted molar refractivity (Wildman–Crippen MR) is 169 cm³/mol. The molecule has 198 valence electrons. The average molecular weight is 602 g/mol. The van der Waals surface area contributed by atoms with Crippen molar-refractivity contribution in [3.63, 3.8) is 0 Å². The van der Waals surface area contributed by atoms with Crippen LogP contribution in [0.3, 0.4) is 0 Å². The molecule has 37 heavy (non-hydrogen) atoms. The molecule has 0 nitrogen and oxygen atoms in total. The Bertz CT molecular complexity index is 1090. The van der Waals surface area contributed by atoms with Gasteiger partial charge in [-0.25, -0.2) is 0 Å². The molecule has 0 heterocycles. The van der Waals surface area contributed by atoms with Gasteiger partial charge in [0.1, 0.15) is 0 Å². The standard InChI is InChI=1S/C36H49.Sn.H/c1-21(2)29-17-31(23(5)6)35(32(18-29)24(7)8)27-14-13-15-28(16-27)36-33(25(9)10)19-30(22(3)4)20-34(36)26(11)12;;/h13-15,17-26H,1-12H3;;. The molecule has 3 rings (SSSR count). The second-order valence-electron chi connectivity index (χ2n) is 12.8. The molecule has 1 heteroatoms. The van der Waals surface area contributed by atoms with E-state index in [0.717, 1.165) is 22.5 Å². The van der Waals surface area contributed by atoms with Gasteiger partial charge in [-0.15, -0.1) is 0 Å². The van der Waals surface area contributed by atoms with Crippen molar-refractivity contribution >= 4 is 26.1 Å². The van der Waals surface area contributed by atoms with Crippen LogP contribution < -0.4 is 3.58 Å². The van der Waals surface area contributed by atoms with Gasteiger partial charge in [-0.3, -0.25) is 0 Å². The molecule has 0 N–H and O–H groups in total. The van der Waals surface area contributed by atoms with Gasteiger partial charge in [0, 0.05) is 0 Å². The Morgan fingerprint density at radius 1 is 0.432 bits per heavy atom. The molecule has 0 aliphatic carbocycles. The van der Waals surface area contributed by atoms with Gasteiger partial charge < -0.3 is 0 Å². The molecular formula is C36H50Sn. The summed E-state index contributed by atoms with van der Waals surface area (Å²) in [5.41, 5.74) is 14.9. The number of hydrogen-bond donors (Lipinski definition) is 0. The number of hydrogen-bond acceptors (Lipinski definition) is 0. The van der Waals surface area contributed by atoms with E-state index in [4.69, 9.17) is 0 Å². The SMILES string of the molecule is CC(C)c1cc(C(C)C)c(-c2cccc(-c3c(C(C)C)cc(C(C)C)cc3C(C)C)[c]2[SnH])c(C(C)C)c1. The number of benzene rings is 3. The summed E-state index contributed by atoms with van der Waals surface area (Å²) in [7, 11) is 0. The molecular weight excluding hydrogens is 551 g/mol. The molecule has 0 unspecified atom stereocenters. The summed E-state index contributed by atoms with van der Waals surface area (Å²) >= 11 is 1.10. The minimum absolute atomic E-state index is 0.484. The Balaban J connectivity index is 2.44. The molecule has 0 bridgehead atoms. The maximum absolute atomic E-state index is 2.50. The summed E-state index contributed by atoms with van der Waals surface area (Å²) in [5.74, 6) is 3.00. The van der Waals surface area contributed by atoms with Crippen molar-refractivity contribution in [1.82, 2.24) is 0 Å². The summed E-state index contributed by atoms with van der Waals surface area (Å²) < 4.78 is 1.54. The van der Waals surface area contributed by atoms with Crippen molar-refractivity contribution in [2.75, 3.05) is 0 Å². The average Bonchev–Trinajstić information content (AvgIpc) is 2.82. The fourth-order valence-electron chi connectivity index (χ4n) is 5.53. The van der Waals surface area contributed by atoms with E-state index in [2.05, 4.69) is 126 Å². The zero-order valence-electron chi connectivity index (χ0n) is 25.6. The first kappa shape index (κ1) is 30.0. The molecule has 0 spiro atoms. The number of rotatable bonds is 8. The van der Waals surface area contributed by atoms with E-state index in [1.165, 1.54) is 59.2 Å². The van der Waals surface area contributed by atoms with Gasteiger partial charge in [-0.2, -0.15) is 0 Å². The van der Waals surface area contributed by atoms with E-state index in [-0.39, 0.29) is 0 Å². The van der Waals surface area contributed by atoms with Crippen LogP contribution in [0.2, 0.25) is 0 Å². The molecule has 0 amide bonds. The Morgan fingerprint density at radius 2 is 0.703 bits per heavy atom. The predicted octanol–water partition coefficient (Wildman–Crippen LogP) is 10.3. The van der Waals surface area contributed by atoms with Crippen molar-refractivity contribution in [3.05, 3.63) is 75.8 Å². The quantitative estimate of drug-likeness (QED) is 0.226. The molecule has 0 saturated carbocycles. The first-order chi connectivity index (χ1) is 17.3. The van der Waals surface area contributed by atoms with Gasteiger partial charge in [0.2, 0.25) is 0 Å². The van der Waals surface area contributed by atoms with Gasteiger partial charge in [0.15, 0.2) is 0 Å². The summed E-state index contributed by atoms with van der Waals surface area (Å²) in [6.45, 7) is 28.2. The Morgan fingerprint density at radius 3 is 0.919 bits per heavy atom. The van der Waals surface area contributed by atoms with Gasteiger partial charge in [-0.1, -0.05) is 0 Å². The minimum atomic E-state index is 0.484. The molecule has 0 aliphatic rings. The van der Waals surface area contributed by atoms with Crippen LogP contribution >= 0.6 is 0 Å². The fraction of sp³-hybridized carbons (Fsp3) is 0.500. The molecule has 2 radical (unpaired) electrons. The van der Waals surface area contributed by atoms with Crippen LogP contribution in [0.1, 0.15) is 152 Å². The van der Waals surface area contributed by atoms with Crippen molar-refractivity contribution in [2.45, 2.75) is 119 Å². The first-order valence-electron chi connectivity index (χ1n) is 14.5. The topological polar surface area (TPSA) is 0 Å². The van der Waals surface area contributed by atoms with E-state index in [9.17, 15) is 0 Å². The Labute approximate surface area is 241 Å². The maximum atomic E-state index is 2.50. The van der Waals surface area contributed by atoms with Gasteiger partial charge in [0.05, 0.1) is 0 Å². The summed E-state index contributed by atoms with van der Waals surface area (Å²) in [4.78, 5) is 0. The van der Waals surface area contributed by atoms with Crippen LogP contribution in [0.15, 0.2) is 42.5 Å². The van der Waals surface area contributed by atoms with Gasteiger partial charge in [-0.05, 0) is 0 Å². The third-order valence-electron chi connectivity index (χ3n) is 7.91. The fourth-order valence-corrected chi connectivity index (χ4v) is 6.91. The molecule has 3 aromatic rings. The Kier molecular flexibility index (Phi) is 9.81. The molecule has 0 aliphatic heterocycles. The zero-order chi connectivity index (χ0) is 27.8. The van der Waals surface area contributed by atoms with Crippen LogP contribution in [0.4, 0.5) is 0 Å². The molecule has 0 aromatic heterocycles. The van der Waals surface area contributed by atoms with Crippen LogP contribution in [-0.4, -0.2) is 22.5 Å². The van der Waals surface area contributed by atoms with Gasteiger partial charge >= 0.3 is 243 Å². The molecule has 0 atom stereocenters. The zero-order valence-corrected chi connectivity index (χ0v) is 28.9. The van der Waals surface area contributed by atoms with Crippen molar-refractivity contribution < 1.29 is 0 Å². The van der Waals surface area contributed by atoms with Crippen molar-refractivity contribution in [1.29, 1.82) is 0 Å². The van der Waals surface area contributed by atoms with E-state index < -0.39 is 0 Å². The van der Waals surface area contributed by atoms with Gasteiger partial charge in [0.25, 0.3) is 0 Å². The molecule has 3 aromatic carbocycles. The second-order valence-corrected chi connectivity index (χ2v) is 14.5. The molecule has 0 saturated heterocycles. The molecule has 0 fully saturated rings. The first-order valence-corrected chi connectivity index (χ1v) is 16.2. The third-order valence-corrected chi connectivity index (χ3v) is 9.68. The van der Waals surface area contributed by atoms with Crippen LogP contribution in [0.25, 0.3) is 22.3 Å². The summed E-state index contributed by atoms with van der Waals surface area (Å²) in [5, 5.41) is 0. The van der Waals surface area contributed by atoms with Crippen molar-refractivity contribution in [3.8, 4) is 22.3 Å². The van der Waals surface area contributed by atoms with E-state index in [1.54, 1.807) is 0 Å². The summed E-state index contributed by atoms with van der Waals surface area (Å²) in [6.07, 6.45) is 0. The van der Waals surface area contributed by atoms with E-state index in [0.29, 0.717) is 35.5 Å². The van der Waals surface area contributed by atoms with Crippen molar-refractivity contribution in [2.24, 2.45) is 0 Å². The monoisotopic (exact) mass is 602 g/mol. The summed E-state index contributed by atoms with van der Waals surface area (Å²) in [6, 6.07) is 17.1. The van der Waals surface area contributed by atoms with E-state index >= 15 is 0 Å². The van der Waals surface area contributed by atoms with Crippen LogP contribution in [-0.2, 0) is 0 Å². The van der Waals surface area contributed by atoms with E-state index in [1.807, 2.05) is 0 Å². The normalized spacial score (nSPS) is 12.3. The van der Waals surface area contributed by atoms with Crippen LogP contribution in [0.5, 0.6) is 0 Å². The van der Waals surface area contributed by atoms with Crippen LogP contribution in [0, 0.1) is 0 Å². The second kappa shape index (κ2) is 12.1. The Hall–Kier alpha value is -1.54.